The number of hydrogen-bond donors (Lipinski definition) is 1. The fraction of sp³-hybridized carbons (Fsp3) is 0.300. The summed E-state index contributed by atoms with van der Waals surface area (Å²) in [5, 5.41) is 4.25. The number of fused-ring (bicyclic) bond motifs is 1. The molecule has 1 atom stereocenters. The summed E-state index contributed by atoms with van der Waals surface area (Å²) in [6.45, 7) is 2.00. The molecule has 2 N–H and O–H groups in total. The molecule has 0 aliphatic carbocycles. The van der Waals surface area contributed by atoms with E-state index in [1.807, 2.05) is 29.9 Å². The van der Waals surface area contributed by atoms with Crippen molar-refractivity contribution >= 4 is 21.4 Å². The number of rotatable bonds is 2. The summed E-state index contributed by atoms with van der Waals surface area (Å²) in [5.41, 5.74) is 8.08. The maximum absolute atomic E-state index is 5.76. The van der Waals surface area contributed by atoms with E-state index >= 15 is 0 Å². The van der Waals surface area contributed by atoms with Gasteiger partial charge in [-0.15, -0.1) is 0 Å². The van der Waals surface area contributed by atoms with Crippen molar-refractivity contribution in [3.8, 4) is 0 Å². The van der Waals surface area contributed by atoms with Gasteiger partial charge in [0.25, 0.3) is 0 Å². The van der Waals surface area contributed by atoms with Crippen molar-refractivity contribution in [3.05, 3.63) is 34.6 Å². The van der Waals surface area contributed by atoms with Crippen molar-refractivity contribution < 1.29 is 0 Å². The van der Waals surface area contributed by atoms with Gasteiger partial charge >= 0.3 is 0 Å². The first-order valence-corrected chi connectivity index (χ1v) is 5.33. The Balaban J connectivity index is 2.50. The van der Waals surface area contributed by atoms with Crippen LogP contribution in [0, 0.1) is 0 Å². The summed E-state index contributed by atoms with van der Waals surface area (Å²) < 4.78 is 2.93. The number of hydrogen-bond acceptors (Lipinski definition) is 2. The number of halogens is 1. The Hall–Kier alpha value is -0.870. The van der Waals surface area contributed by atoms with E-state index in [1.165, 1.54) is 5.56 Å². The molecule has 0 spiro atoms. The van der Waals surface area contributed by atoms with Gasteiger partial charge in [0.2, 0.25) is 0 Å². The van der Waals surface area contributed by atoms with Gasteiger partial charge in [-0.05, 0) is 31.0 Å². The fourth-order valence-corrected chi connectivity index (χ4v) is 1.84. The van der Waals surface area contributed by atoms with Gasteiger partial charge in [-0.3, -0.25) is 0 Å². The van der Waals surface area contributed by atoms with Gasteiger partial charge in [0.15, 0.2) is 0 Å². The Morgan fingerprint density at radius 3 is 3.14 bits per heavy atom. The normalized spacial score (nSPS) is 13.4. The van der Waals surface area contributed by atoms with Crippen LogP contribution >= 0.6 is 15.9 Å². The molecule has 0 saturated heterocycles. The summed E-state index contributed by atoms with van der Waals surface area (Å²) in [6.07, 6.45) is 4.68. The molecule has 0 saturated carbocycles. The van der Waals surface area contributed by atoms with Crippen molar-refractivity contribution in [2.24, 2.45) is 5.73 Å². The van der Waals surface area contributed by atoms with Crippen LogP contribution in [-0.2, 0) is 6.42 Å². The van der Waals surface area contributed by atoms with Crippen LogP contribution in [0.4, 0.5) is 0 Å². The van der Waals surface area contributed by atoms with Gasteiger partial charge in [0, 0.05) is 16.7 Å². The van der Waals surface area contributed by atoms with Crippen LogP contribution in [0.1, 0.15) is 12.5 Å². The zero-order valence-corrected chi connectivity index (χ0v) is 9.53. The van der Waals surface area contributed by atoms with E-state index in [2.05, 4.69) is 27.1 Å². The summed E-state index contributed by atoms with van der Waals surface area (Å²) >= 11 is 3.45. The Morgan fingerprint density at radius 2 is 2.43 bits per heavy atom. The molecule has 0 amide bonds. The highest BCUT2D eigenvalue weighted by molar-refractivity contribution is 9.10. The molecule has 0 aliphatic heterocycles. The number of nitrogens with zero attached hydrogens (tertiary/aromatic N) is 2. The lowest BCUT2D eigenvalue weighted by Crippen LogP contribution is -2.17. The van der Waals surface area contributed by atoms with Gasteiger partial charge < -0.3 is 5.73 Å². The third-order valence-corrected chi connectivity index (χ3v) is 2.60. The standard InChI is InChI=1S/C10H12BrN3/c1-7(12)4-8-6-13-14-3-2-9(11)5-10(8)14/h2-3,5-7H,4,12H2,1H3. The Morgan fingerprint density at radius 1 is 1.64 bits per heavy atom. The number of aromatic nitrogens is 2. The van der Waals surface area contributed by atoms with Crippen LogP contribution in [0.15, 0.2) is 29.0 Å². The smallest absolute Gasteiger partial charge is 0.0705 e. The largest absolute Gasteiger partial charge is 0.328 e. The summed E-state index contributed by atoms with van der Waals surface area (Å²) in [5.74, 6) is 0. The molecule has 0 aromatic carbocycles. The van der Waals surface area contributed by atoms with Gasteiger partial charge in [-0.2, -0.15) is 5.10 Å². The summed E-state index contributed by atoms with van der Waals surface area (Å²) in [6, 6.07) is 4.20. The summed E-state index contributed by atoms with van der Waals surface area (Å²) in [7, 11) is 0. The average molecular weight is 254 g/mol. The quantitative estimate of drug-likeness (QED) is 0.890. The molecular formula is C10H12BrN3. The van der Waals surface area contributed by atoms with Gasteiger partial charge in [-0.1, -0.05) is 15.9 Å². The maximum atomic E-state index is 5.76. The molecule has 1 unspecified atom stereocenters. The van der Waals surface area contributed by atoms with Crippen LogP contribution in [0.5, 0.6) is 0 Å². The van der Waals surface area contributed by atoms with E-state index in [9.17, 15) is 0 Å². The second-order valence-electron chi connectivity index (χ2n) is 3.53. The minimum atomic E-state index is 0.169. The van der Waals surface area contributed by atoms with Crippen LogP contribution < -0.4 is 5.73 Å². The van der Waals surface area contributed by atoms with E-state index < -0.39 is 0 Å². The highest BCUT2D eigenvalue weighted by atomic mass is 79.9. The molecule has 3 nitrogen and oxygen atoms in total. The first kappa shape index (κ1) is 9.68. The Labute approximate surface area is 91.0 Å². The fourth-order valence-electron chi connectivity index (χ4n) is 1.51. The van der Waals surface area contributed by atoms with Crippen LogP contribution in [0.25, 0.3) is 5.52 Å². The topological polar surface area (TPSA) is 43.3 Å². The highest BCUT2D eigenvalue weighted by Gasteiger charge is 2.05. The first-order valence-electron chi connectivity index (χ1n) is 4.54. The minimum absolute atomic E-state index is 0.169. The van der Waals surface area contributed by atoms with Crippen molar-refractivity contribution in [1.82, 2.24) is 9.61 Å². The molecule has 0 bridgehead atoms. The first-order chi connectivity index (χ1) is 6.66. The lowest BCUT2D eigenvalue weighted by molar-refractivity contribution is 0.741. The predicted octanol–water partition coefficient (Wildman–Crippen LogP) is 1.99. The highest BCUT2D eigenvalue weighted by Crippen LogP contribution is 2.17. The van der Waals surface area contributed by atoms with Crippen molar-refractivity contribution in [2.45, 2.75) is 19.4 Å². The second-order valence-corrected chi connectivity index (χ2v) is 4.44. The van der Waals surface area contributed by atoms with Gasteiger partial charge in [0.05, 0.1) is 11.7 Å². The van der Waals surface area contributed by atoms with Gasteiger partial charge in [-0.25, -0.2) is 4.52 Å². The lowest BCUT2D eigenvalue weighted by Gasteiger charge is -2.02. The minimum Gasteiger partial charge on any atom is -0.328 e. The molecule has 2 rings (SSSR count). The molecule has 0 radical (unpaired) electrons. The van der Waals surface area contributed by atoms with Crippen molar-refractivity contribution in [3.63, 3.8) is 0 Å². The van der Waals surface area contributed by atoms with Crippen LogP contribution in [-0.4, -0.2) is 15.7 Å². The van der Waals surface area contributed by atoms with Crippen LogP contribution in [0.3, 0.4) is 0 Å². The van der Waals surface area contributed by atoms with Crippen LogP contribution in [0.2, 0.25) is 0 Å². The zero-order chi connectivity index (χ0) is 10.1. The molecule has 2 aromatic rings. The third kappa shape index (κ3) is 1.81. The molecule has 4 heteroatoms. The zero-order valence-electron chi connectivity index (χ0n) is 7.94. The van der Waals surface area contributed by atoms with E-state index in [0.29, 0.717) is 0 Å². The Kier molecular flexibility index (Phi) is 2.56. The monoisotopic (exact) mass is 253 g/mol. The second kappa shape index (κ2) is 3.71. The van der Waals surface area contributed by atoms with Crippen molar-refractivity contribution in [2.75, 3.05) is 0 Å². The van der Waals surface area contributed by atoms with E-state index in [0.717, 1.165) is 16.4 Å². The molecule has 14 heavy (non-hydrogen) atoms. The molecular weight excluding hydrogens is 242 g/mol. The molecule has 74 valence electrons. The molecule has 0 aliphatic rings. The Bertz CT molecular complexity index is 448. The molecule has 0 fully saturated rings. The third-order valence-electron chi connectivity index (χ3n) is 2.11. The average Bonchev–Trinajstić information content (AvgIpc) is 2.47. The van der Waals surface area contributed by atoms with Crippen molar-refractivity contribution in [1.29, 1.82) is 0 Å². The van der Waals surface area contributed by atoms with E-state index in [4.69, 9.17) is 5.73 Å². The SMILES string of the molecule is CC(N)Cc1cnn2ccc(Br)cc12. The predicted molar refractivity (Wildman–Crippen MR) is 60.2 cm³/mol. The maximum Gasteiger partial charge on any atom is 0.0705 e. The summed E-state index contributed by atoms with van der Waals surface area (Å²) in [4.78, 5) is 0. The van der Waals surface area contributed by atoms with E-state index in [1.54, 1.807) is 0 Å². The number of pyridine rings is 1. The number of nitrogens with two attached hydrogens (primary N) is 1. The van der Waals surface area contributed by atoms with Gasteiger partial charge in [0.1, 0.15) is 0 Å². The molecule has 2 aromatic heterocycles. The molecule has 2 heterocycles. The van der Waals surface area contributed by atoms with E-state index in [-0.39, 0.29) is 6.04 Å². The lowest BCUT2D eigenvalue weighted by atomic mass is 10.1.